The van der Waals surface area contributed by atoms with Crippen molar-refractivity contribution in [2.24, 2.45) is 0 Å². The molecule has 1 fully saturated rings. The molecule has 0 unspecified atom stereocenters. The van der Waals surface area contributed by atoms with Crippen LogP contribution in [0.2, 0.25) is 0 Å². The Morgan fingerprint density at radius 1 is 0.766 bits per heavy atom. The lowest BCUT2D eigenvalue weighted by atomic mass is 9.85. The second kappa shape index (κ2) is 17.9. The van der Waals surface area contributed by atoms with E-state index < -0.39 is 42.0 Å². The van der Waals surface area contributed by atoms with E-state index in [1.54, 1.807) is 26.8 Å². The third-order valence-electron chi connectivity index (χ3n) is 7.89. The minimum Gasteiger partial charge on any atom is -0.459 e. The average Bonchev–Trinajstić information content (AvgIpc) is 3.06. The maximum atomic E-state index is 13.5. The Hall–Kier alpha value is -3.86. The number of hydrogen-bond donors (Lipinski definition) is 2. The van der Waals surface area contributed by atoms with Gasteiger partial charge in [0.1, 0.15) is 30.5 Å². The zero-order chi connectivity index (χ0) is 33.6. The SMILES string of the molecule is C=CCN1[C@H](CC(=O)NCC(=O)OC(C)(C)C)[C@H](OCc2ccccc2)[C@@H](OCc2ccccc2)[C@H](OCc2ccccc2)[C@H]1CO. The number of carbonyl (C=O) groups is 2. The van der Waals surface area contributed by atoms with E-state index in [0.29, 0.717) is 13.2 Å². The smallest absolute Gasteiger partial charge is 0.325 e. The third-order valence-corrected chi connectivity index (χ3v) is 7.89. The monoisotopic (exact) mass is 644 g/mol. The van der Waals surface area contributed by atoms with Gasteiger partial charge in [0.25, 0.3) is 0 Å². The molecule has 1 aliphatic heterocycles. The van der Waals surface area contributed by atoms with Crippen LogP contribution in [0.15, 0.2) is 104 Å². The van der Waals surface area contributed by atoms with Gasteiger partial charge in [-0.1, -0.05) is 97.1 Å². The number of likely N-dealkylation sites (tertiary alicyclic amines) is 1. The lowest BCUT2D eigenvalue weighted by molar-refractivity contribution is -0.226. The molecule has 0 aromatic heterocycles. The van der Waals surface area contributed by atoms with Crippen molar-refractivity contribution in [2.75, 3.05) is 19.7 Å². The molecule has 0 aliphatic carbocycles. The molecule has 0 spiro atoms. The van der Waals surface area contributed by atoms with Gasteiger partial charge in [-0.2, -0.15) is 0 Å². The number of ether oxygens (including phenoxy) is 4. The minimum atomic E-state index is -0.672. The molecule has 252 valence electrons. The molecule has 0 bridgehead atoms. The summed E-state index contributed by atoms with van der Waals surface area (Å²) < 4.78 is 25.4. The summed E-state index contributed by atoms with van der Waals surface area (Å²) in [5.74, 6) is -0.883. The van der Waals surface area contributed by atoms with Crippen LogP contribution in [-0.4, -0.2) is 77.6 Å². The third kappa shape index (κ3) is 11.1. The van der Waals surface area contributed by atoms with Crippen molar-refractivity contribution < 1.29 is 33.6 Å². The molecule has 0 radical (unpaired) electrons. The van der Waals surface area contributed by atoms with Crippen LogP contribution in [0, 0.1) is 0 Å². The Morgan fingerprint density at radius 3 is 1.64 bits per heavy atom. The summed E-state index contributed by atoms with van der Waals surface area (Å²) in [7, 11) is 0. The van der Waals surface area contributed by atoms with Gasteiger partial charge in [-0.05, 0) is 37.5 Å². The highest BCUT2D eigenvalue weighted by molar-refractivity contribution is 5.82. The number of aliphatic hydroxyl groups excluding tert-OH is 1. The Kier molecular flexibility index (Phi) is 13.7. The van der Waals surface area contributed by atoms with Crippen LogP contribution in [0.3, 0.4) is 0 Å². The quantitative estimate of drug-likeness (QED) is 0.169. The van der Waals surface area contributed by atoms with E-state index in [1.165, 1.54) is 0 Å². The molecule has 1 amide bonds. The Morgan fingerprint density at radius 2 is 1.21 bits per heavy atom. The van der Waals surface area contributed by atoms with E-state index in [4.69, 9.17) is 18.9 Å². The van der Waals surface area contributed by atoms with E-state index in [2.05, 4.69) is 11.9 Å². The van der Waals surface area contributed by atoms with Gasteiger partial charge in [-0.25, -0.2) is 0 Å². The van der Waals surface area contributed by atoms with E-state index in [0.717, 1.165) is 16.7 Å². The molecule has 47 heavy (non-hydrogen) atoms. The fourth-order valence-corrected chi connectivity index (χ4v) is 5.82. The Labute approximate surface area is 278 Å². The summed E-state index contributed by atoms with van der Waals surface area (Å²) in [6, 6.07) is 28.3. The Bertz CT molecular complexity index is 1380. The molecular weight excluding hydrogens is 596 g/mol. The number of aliphatic hydroxyl groups is 1. The van der Waals surface area contributed by atoms with Gasteiger partial charge in [-0.15, -0.1) is 6.58 Å². The first-order valence-electron chi connectivity index (χ1n) is 16.1. The number of nitrogens with zero attached hydrogens (tertiary/aromatic N) is 1. The van der Waals surface area contributed by atoms with Gasteiger partial charge in [0.05, 0.1) is 32.5 Å². The molecule has 1 saturated heterocycles. The highest BCUT2D eigenvalue weighted by atomic mass is 16.6. The highest BCUT2D eigenvalue weighted by Gasteiger charge is 2.51. The van der Waals surface area contributed by atoms with Crippen LogP contribution in [-0.2, 0) is 48.4 Å². The van der Waals surface area contributed by atoms with Crippen molar-refractivity contribution in [1.29, 1.82) is 0 Å². The number of benzene rings is 3. The maximum Gasteiger partial charge on any atom is 0.325 e. The second-order valence-electron chi connectivity index (χ2n) is 12.7. The molecule has 4 rings (SSSR count). The normalized spacial score (nSPS) is 21.6. The van der Waals surface area contributed by atoms with Crippen molar-refractivity contribution in [3.05, 3.63) is 120 Å². The average molecular weight is 645 g/mol. The van der Waals surface area contributed by atoms with Gasteiger partial charge in [0.15, 0.2) is 0 Å². The first-order chi connectivity index (χ1) is 22.7. The number of carbonyl (C=O) groups excluding carboxylic acids is 2. The van der Waals surface area contributed by atoms with Crippen molar-refractivity contribution in [1.82, 2.24) is 10.2 Å². The molecular formula is C38H48N2O7. The van der Waals surface area contributed by atoms with E-state index in [9.17, 15) is 14.7 Å². The van der Waals surface area contributed by atoms with Gasteiger partial charge in [0.2, 0.25) is 5.91 Å². The van der Waals surface area contributed by atoms with Crippen LogP contribution in [0.1, 0.15) is 43.9 Å². The number of hydrogen-bond acceptors (Lipinski definition) is 8. The zero-order valence-corrected chi connectivity index (χ0v) is 27.6. The fraction of sp³-hybridized carbons (Fsp3) is 0.421. The van der Waals surface area contributed by atoms with Crippen LogP contribution >= 0.6 is 0 Å². The minimum absolute atomic E-state index is 0.0246. The number of amides is 1. The highest BCUT2D eigenvalue weighted by Crippen LogP contribution is 2.34. The molecule has 9 heteroatoms. The standard InChI is InChI=1S/C38H48N2O7/c1-5-21-40-31(22-33(42)39-23-34(43)47-38(2,3)4)35(44-25-28-15-9-6-10-16-28)37(46-27-30-19-13-8-14-20-30)36(32(40)24-41)45-26-29-17-11-7-12-18-29/h5-20,31-32,35-37,41H,1,21-27H2,2-4H3,(H,39,42)/t31-,32-,35+,36-,37-/m1/s1. The van der Waals surface area contributed by atoms with E-state index in [-0.39, 0.29) is 38.7 Å². The van der Waals surface area contributed by atoms with Gasteiger partial charge in [0, 0.05) is 19.0 Å². The summed E-state index contributed by atoms with van der Waals surface area (Å²) >= 11 is 0. The fourth-order valence-electron chi connectivity index (χ4n) is 5.82. The molecule has 1 aliphatic rings. The lowest BCUT2D eigenvalue weighted by Crippen LogP contribution is -2.69. The van der Waals surface area contributed by atoms with E-state index in [1.807, 2.05) is 95.9 Å². The van der Waals surface area contributed by atoms with Crippen LogP contribution < -0.4 is 5.32 Å². The molecule has 2 N–H and O–H groups in total. The first-order valence-corrected chi connectivity index (χ1v) is 16.1. The van der Waals surface area contributed by atoms with Crippen LogP contribution in [0.25, 0.3) is 0 Å². The van der Waals surface area contributed by atoms with Gasteiger partial charge < -0.3 is 29.4 Å². The zero-order valence-electron chi connectivity index (χ0n) is 27.6. The predicted molar refractivity (Wildman–Crippen MR) is 180 cm³/mol. The van der Waals surface area contributed by atoms with Crippen molar-refractivity contribution >= 4 is 11.9 Å². The number of nitrogens with one attached hydrogen (secondary N) is 1. The molecule has 5 atom stereocenters. The molecule has 1 heterocycles. The summed E-state index contributed by atoms with van der Waals surface area (Å²) in [5, 5.41) is 13.6. The summed E-state index contributed by atoms with van der Waals surface area (Å²) in [4.78, 5) is 27.9. The largest absolute Gasteiger partial charge is 0.459 e. The molecule has 3 aromatic carbocycles. The second-order valence-corrected chi connectivity index (χ2v) is 12.7. The predicted octanol–water partition coefficient (Wildman–Crippen LogP) is 4.82. The number of esters is 1. The van der Waals surface area contributed by atoms with Crippen molar-refractivity contribution in [3.8, 4) is 0 Å². The topological polar surface area (TPSA) is 107 Å². The molecule has 9 nitrogen and oxygen atoms in total. The number of piperidine rings is 1. The van der Waals surface area contributed by atoms with Crippen LogP contribution in [0.4, 0.5) is 0 Å². The maximum absolute atomic E-state index is 13.5. The summed E-state index contributed by atoms with van der Waals surface area (Å²) in [6.45, 7) is 9.97. The molecule has 0 saturated carbocycles. The first kappa shape index (κ1) is 36.0. The van der Waals surface area contributed by atoms with Crippen molar-refractivity contribution in [2.45, 2.75) is 83.0 Å². The number of rotatable bonds is 16. The van der Waals surface area contributed by atoms with Gasteiger partial charge >= 0.3 is 5.97 Å². The van der Waals surface area contributed by atoms with E-state index >= 15 is 0 Å². The van der Waals surface area contributed by atoms with Crippen molar-refractivity contribution in [3.63, 3.8) is 0 Å². The molecule has 3 aromatic rings. The summed E-state index contributed by atoms with van der Waals surface area (Å²) in [6.07, 6.45) is -0.226. The van der Waals surface area contributed by atoms with Crippen LogP contribution in [0.5, 0.6) is 0 Å². The Balaban J connectivity index is 1.67. The summed E-state index contributed by atoms with van der Waals surface area (Å²) in [5.41, 5.74) is 2.24. The van der Waals surface area contributed by atoms with Gasteiger partial charge in [-0.3, -0.25) is 14.5 Å². The lowest BCUT2D eigenvalue weighted by Gasteiger charge is -2.52.